The Morgan fingerprint density at radius 3 is 2.74 bits per heavy atom. The zero-order valence-corrected chi connectivity index (χ0v) is 25.6. The van der Waals surface area contributed by atoms with Gasteiger partial charge in [-0.2, -0.15) is 18.3 Å². The monoisotopic (exact) mass is 686 g/mol. The third-order valence-electron chi connectivity index (χ3n) is 7.30. The Bertz CT molecular complexity index is 1650. The summed E-state index contributed by atoms with van der Waals surface area (Å²) >= 11 is 9.95. The highest BCUT2D eigenvalue weighted by molar-refractivity contribution is 9.10. The van der Waals surface area contributed by atoms with Gasteiger partial charge in [0.05, 0.1) is 21.6 Å². The number of nitrogens with one attached hydrogen (secondary N) is 1. The van der Waals surface area contributed by atoms with E-state index in [1.54, 1.807) is 16.9 Å². The number of rotatable bonds is 7. The van der Waals surface area contributed by atoms with Gasteiger partial charge in [0.1, 0.15) is 11.7 Å². The lowest BCUT2D eigenvalue weighted by molar-refractivity contribution is -0.186. The molecular formula is C27H27BrClF3N6O3S. The summed E-state index contributed by atoms with van der Waals surface area (Å²) < 4.78 is 69.0. The van der Waals surface area contributed by atoms with Crippen molar-refractivity contribution in [1.82, 2.24) is 19.0 Å². The number of aromatic nitrogens is 2. The van der Waals surface area contributed by atoms with Crippen LogP contribution in [0, 0.1) is 0 Å². The molecule has 5 rings (SSSR count). The average Bonchev–Trinajstić information content (AvgIpc) is 3.34. The molecule has 0 fully saturated rings. The predicted octanol–water partition coefficient (Wildman–Crippen LogP) is 5.26. The van der Waals surface area contributed by atoms with Crippen molar-refractivity contribution in [3.05, 3.63) is 74.8 Å². The molecule has 0 saturated carbocycles. The SMILES string of the molecule is CN(CCCN=C1CC(c2ccccc2Cl)Nc2c(Br)cnn21)S(=O)(=O)c1ccc2c(c1)CN(C(=O)C(F)(F)F)CC2. The number of hydrogen-bond donors (Lipinski definition) is 1. The molecule has 2 aliphatic rings. The van der Waals surface area contributed by atoms with Gasteiger partial charge in [-0.25, -0.2) is 17.4 Å². The predicted molar refractivity (Wildman–Crippen MR) is 156 cm³/mol. The first-order valence-electron chi connectivity index (χ1n) is 13.1. The highest BCUT2D eigenvalue weighted by Crippen LogP contribution is 2.36. The number of hydrogen-bond acceptors (Lipinski definition) is 6. The van der Waals surface area contributed by atoms with Crippen molar-refractivity contribution in [2.75, 3.05) is 32.0 Å². The van der Waals surface area contributed by atoms with Gasteiger partial charge in [-0.1, -0.05) is 35.9 Å². The van der Waals surface area contributed by atoms with E-state index in [1.165, 1.54) is 23.5 Å². The number of halogens is 5. The Labute approximate surface area is 254 Å². The number of carbonyl (C=O) groups excluding carboxylic acids is 1. The van der Waals surface area contributed by atoms with Gasteiger partial charge in [0.2, 0.25) is 10.0 Å². The van der Waals surface area contributed by atoms with Crippen LogP contribution in [-0.2, 0) is 27.8 Å². The molecule has 3 aromatic rings. The maximum atomic E-state index is 13.3. The first-order chi connectivity index (χ1) is 19.9. The molecule has 42 heavy (non-hydrogen) atoms. The Morgan fingerprint density at radius 2 is 2.00 bits per heavy atom. The molecule has 2 aliphatic heterocycles. The lowest BCUT2D eigenvalue weighted by Gasteiger charge is -2.30. The van der Waals surface area contributed by atoms with Gasteiger partial charge in [0.15, 0.2) is 0 Å². The first-order valence-corrected chi connectivity index (χ1v) is 15.7. The van der Waals surface area contributed by atoms with E-state index in [-0.39, 0.29) is 37.0 Å². The van der Waals surface area contributed by atoms with Crippen molar-refractivity contribution in [1.29, 1.82) is 0 Å². The van der Waals surface area contributed by atoms with Crippen LogP contribution in [0.15, 0.2) is 63.0 Å². The molecule has 0 spiro atoms. The molecule has 15 heteroatoms. The van der Waals surface area contributed by atoms with Gasteiger partial charge in [-0.15, -0.1) is 0 Å². The van der Waals surface area contributed by atoms with Crippen LogP contribution in [0.1, 0.15) is 35.6 Å². The number of anilines is 1. The van der Waals surface area contributed by atoms with E-state index in [9.17, 15) is 26.4 Å². The van der Waals surface area contributed by atoms with E-state index in [0.29, 0.717) is 40.7 Å². The second kappa shape index (κ2) is 12.0. The van der Waals surface area contributed by atoms with Crippen LogP contribution in [0.2, 0.25) is 5.02 Å². The van der Waals surface area contributed by atoms with Gasteiger partial charge in [0.25, 0.3) is 0 Å². The lowest BCUT2D eigenvalue weighted by atomic mass is 10.00. The lowest BCUT2D eigenvalue weighted by Crippen LogP contribution is -2.43. The third kappa shape index (κ3) is 6.21. The van der Waals surface area contributed by atoms with E-state index in [2.05, 4.69) is 26.3 Å². The molecule has 9 nitrogen and oxygen atoms in total. The summed E-state index contributed by atoms with van der Waals surface area (Å²) in [6.07, 6.45) is -2.16. The Hall–Kier alpha value is -2.94. The second-order valence-electron chi connectivity index (χ2n) is 10.1. The van der Waals surface area contributed by atoms with Gasteiger partial charge in [0, 0.05) is 44.7 Å². The number of carbonyl (C=O) groups is 1. The topological polar surface area (TPSA) is 99.9 Å². The minimum atomic E-state index is -4.98. The van der Waals surface area contributed by atoms with Crippen LogP contribution in [0.5, 0.6) is 0 Å². The maximum absolute atomic E-state index is 13.3. The molecule has 1 amide bonds. The molecule has 1 N–H and O–H groups in total. The Balaban J connectivity index is 1.25. The van der Waals surface area contributed by atoms with E-state index in [1.807, 2.05) is 24.3 Å². The molecule has 0 radical (unpaired) electrons. The van der Waals surface area contributed by atoms with Crippen molar-refractivity contribution >= 4 is 55.1 Å². The van der Waals surface area contributed by atoms with Crippen molar-refractivity contribution in [3.63, 3.8) is 0 Å². The normalized spacial score (nSPS) is 18.1. The molecule has 0 bridgehead atoms. The van der Waals surface area contributed by atoms with Crippen molar-refractivity contribution in [2.45, 2.75) is 42.9 Å². The van der Waals surface area contributed by atoms with Crippen LogP contribution in [0.3, 0.4) is 0 Å². The van der Waals surface area contributed by atoms with Crippen LogP contribution in [0.25, 0.3) is 0 Å². The van der Waals surface area contributed by atoms with Crippen LogP contribution in [0.4, 0.5) is 19.0 Å². The zero-order valence-electron chi connectivity index (χ0n) is 22.4. The molecule has 1 aromatic heterocycles. The van der Waals surface area contributed by atoms with E-state index in [0.717, 1.165) is 21.4 Å². The Morgan fingerprint density at radius 1 is 1.24 bits per heavy atom. The summed E-state index contributed by atoms with van der Waals surface area (Å²) in [5.41, 5.74) is 2.04. The molecular weight excluding hydrogens is 661 g/mol. The number of alkyl halides is 3. The molecule has 0 aliphatic carbocycles. The van der Waals surface area contributed by atoms with Gasteiger partial charge in [-0.3, -0.25) is 9.79 Å². The maximum Gasteiger partial charge on any atom is 0.471 e. The number of sulfonamides is 1. The standard InChI is InChI=1S/C27H27BrClF3N6O3S/c1-36(42(40,41)19-8-7-17-9-12-37(16-18(17)13-19)26(39)27(30,31)32)11-4-10-33-24-14-23(20-5-2-3-6-22(20)29)35-25-21(28)15-34-38(24)25/h2-3,5-8,13,15,23,35H,4,9-12,14,16H2,1H3. The van der Waals surface area contributed by atoms with Gasteiger partial charge < -0.3 is 10.2 Å². The average molecular weight is 688 g/mol. The highest BCUT2D eigenvalue weighted by atomic mass is 79.9. The summed E-state index contributed by atoms with van der Waals surface area (Å²) in [6, 6.07) is 11.8. The minimum absolute atomic E-state index is 0.0386. The Kier molecular flexibility index (Phi) is 8.70. The quantitative estimate of drug-likeness (QED) is 0.342. The molecule has 3 heterocycles. The number of aliphatic imine (C=N–C) groups is 1. The highest BCUT2D eigenvalue weighted by Gasteiger charge is 2.43. The van der Waals surface area contributed by atoms with E-state index in [4.69, 9.17) is 16.6 Å². The largest absolute Gasteiger partial charge is 0.471 e. The molecule has 1 unspecified atom stereocenters. The van der Waals surface area contributed by atoms with Crippen LogP contribution >= 0.6 is 27.5 Å². The summed E-state index contributed by atoms with van der Waals surface area (Å²) in [6.45, 7) is 0.122. The number of benzene rings is 2. The zero-order chi connectivity index (χ0) is 30.2. The second-order valence-corrected chi connectivity index (χ2v) is 13.4. The van der Waals surface area contributed by atoms with Crippen molar-refractivity contribution in [3.8, 4) is 0 Å². The molecule has 0 saturated heterocycles. The summed E-state index contributed by atoms with van der Waals surface area (Å²) in [5, 5.41) is 8.47. The summed E-state index contributed by atoms with van der Waals surface area (Å²) in [7, 11) is -2.48. The van der Waals surface area contributed by atoms with Gasteiger partial charge >= 0.3 is 12.1 Å². The van der Waals surface area contributed by atoms with Crippen LogP contribution in [-0.4, -0.2) is 72.0 Å². The molecule has 1 atom stereocenters. The number of fused-ring (bicyclic) bond motifs is 2. The van der Waals surface area contributed by atoms with Crippen LogP contribution < -0.4 is 5.32 Å². The van der Waals surface area contributed by atoms with E-state index >= 15 is 0 Å². The summed E-state index contributed by atoms with van der Waals surface area (Å²) in [4.78, 5) is 17.1. The summed E-state index contributed by atoms with van der Waals surface area (Å²) in [5.74, 6) is -0.480. The molecule has 2 aromatic carbocycles. The van der Waals surface area contributed by atoms with Gasteiger partial charge in [-0.05, 0) is 63.7 Å². The number of nitrogens with zero attached hydrogens (tertiary/aromatic N) is 5. The molecule has 224 valence electrons. The fraction of sp³-hybridized carbons (Fsp3) is 0.370. The fourth-order valence-electron chi connectivity index (χ4n) is 5.06. The number of amides is 1. The van der Waals surface area contributed by atoms with Crippen molar-refractivity contribution < 1.29 is 26.4 Å². The smallest absolute Gasteiger partial charge is 0.362 e. The van der Waals surface area contributed by atoms with Crippen molar-refractivity contribution in [2.24, 2.45) is 4.99 Å². The first kappa shape index (κ1) is 30.5. The minimum Gasteiger partial charge on any atom is -0.362 e. The third-order valence-corrected chi connectivity index (χ3v) is 10.1. The fourth-order valence-corrected chi connectivity index (χ4v) is 6.97. The van der Waals surface area contributed by atoms with E-state index < -0.39 is 22.1 Å².